The number of methoxy groups -OCH3 is 2. The number of hydrogen-bond acceptors (Lipinski definition) is 4. The van der Waals surface area contributed by atoms with Crippen molar-refractivity contribution in [3.8, 4) is 23.1 Å². The number of hydrogen-bond donors (Lipinski definition) is 1. The summed E-state index contributed by atoms with van der Waals surface area (Å²) in [4.78, 5) is 10.6. The Hall–Kier alpha value is -3.30. The number of nitrogens with zero attached hydrogens (tertiary/aromatic N) is 2. The maximum atomic E-state index is 10.6. The minimum absolute atomic E-state index is 0.384. The maximum absolute atomic E-state index is 10.6. The fourth-order valence-corrected chi connectivity index (χ4v) is 2.83. The van der Waals surface area contributed by atoms with Crippen molar-refractivity contribution in [3.63, 3.8) is 0 Å². The standard InChI is InChI=1S/C18H15N3O2.C4H10O/c1-21-17-7-6-14(23-2)9-15(17)16(10-19)18(21)12-4-3-5-13(8-12)20-11-22;1-4(2)5-3/h3-9,11H,1-2H3,(H,20,22);4H,1-3H3. The Morgan fingerprint density at radius 3 is 2.46 bits per heavy atom. The van der Waals surface area contributed by atoms with Crippen LogP contribution in [0.3, 0.4) is 0 Å². The monoisotopic (exact) mass is 379 g/mol. The van der Waals surface area contributed by atoms with Gasteiger partial charge in [0.15, 0.2) is 0 Å². The van der Waals surface area contributed by atoms with E-state index in [9.17, 15) is 10.1 Å². The van der Waals surface area contributed by atoms with Crippen LogP contribution in [0.25, 0.3) is 22.2 Å². The Labute approximate surface area is 165 Å². The van der Waals surface area contributed by atoms with Gasteiger partial charge in [-0.15, -0.1) is 0 Å². The Bertz CT molecular complexity index is 1000. The molecule has 0 radical (unpaired) electrons. The number of nitriles is 1. The summed E-state index contributed by atoms with van der Waals surface area (Å²) in [5, 5.41) is 13.1. The van der Waals surface area contributed by atoms with Gasteiger partial charge in [0.25, 0.3) is 0 Å². The van der Waals surface area contributed by atoms with Gasteiger partial charge in [-0.1, -0.05) is 12.1 Å². The third-order valence-corrected chi connectivity index (χ3v) is 4.35. The zero-order valence-electron chi connectivity index (χ0n) is 16.8. The summed E-state index contributed by atoms with van der Waals surface area (Å²) in [7, 11) is 5.22. The van der Waals surface area contributed by atoms with Crippen LogP contribution in [0.5, 0.6) is 5.75 Å². The van der Waals surface area contributed by atoms with Gasteiger partial charge in [0, 0.05) is 36.3 Å². The van der Waals surface area contributed by atoms with Gasteiger partial charge < -0.3 is 19.4 Å². The van der Waals surface area contributed by atoms with Crippen LogP contribution in [0, 0.1) is 11.3 Å². The number of nitrogens with one attached hydrogen (secondary N) is 1. The molecule has 3 aromatic rings. The molecule has 0 spiro atoms. The molecule has 1 aromatic heterocycles. The Morgan fingerprint density at radius 1 is 1.18 bits per heavy atom. The molecule has 0 saturated heterocycles. The summed E-state index contributed by atoms with van der Waals surface area (Å²) in [6.07, 6.45) is 1.02. The molecule has 2 aromatic carbocycles. The third kappa shape index (κ3) is 4.51. The fourth-order valence-electron chi connectivity index (χ4n) is 2.83. The van der Waals surface area contributed by atoms with Gasteiger partial charge in [-0.2, -0.15) is 5.26 Å². The number of amides is 1. The summed E-state index contributed by atoms with van der Waals surface area (Å²) in [5.41, 5.74) is 3.90. The van der Waals surface area contributed by atoms with Gasteiger partial charge in [-0.25, -0.2) is 0 Å². The molecule has 0 saturated carbocycles. The van der Waals surface area contributed by atoms with Crippen molar-refractivity contribution in [2.75, 3.05) is 19.5 Å². The molecule has 6 nitrogen and oxygen atoms in total. The summed E-state index contributed by atoms with van der Waals surface area (Å²) >= 11 is 0. The number of benzene rings is 2. The first kappa shape index (κ1) is 21.0. The number of aromatic nitrogens is 1. The molecule has 6 heteroatoms. The molecule has 28 heavy (non-hydrogen) atoms. The van der Waals surface area contributed by atoms with E-state index in [1.807, 2.05) is 61.9 Å². The average Bonchev–Trinajstić information content (AvgIpc) is 3.00. The van der Waals surface area contributed by atoms with Gasteiger partial charge in [0.1, 0.15) is 11.8 Å². The molecule has 1 N–H and O–H groups in total. The molecule has 0 fully saturated rings. The zero-order valence-corrected chi connectivity index (χ0v) is 16.8. The first-order chi connectivity index (χ1) is 13.5. The molecule has 1 amide bonds. The number of aryl methyl sites for hydroxylation is 1. The van der Waals surface area contributed by atoms with Gasteiger partial charge in [-0.3, -0.25) is 4.79 Å². The molecule has 0 atom stereocenters. The molecule has 0 aliphatic carbocycles. The van der Waals surface area contributed by atoms with Crippen molar-refractivity contribution in [2.45, 2.75) is 20.0 Å². The van der Waals surface area contributed by atoms with E-state index in [1.54, 1.807) is 20.3 Å². The van der Waals surface area contributed by atoms with Crippen LogP contribution < -0.4 is 10.1 Å². The lowest BCUT2D eigenvalue weighted by molar-refractivity contribution is -0.105. The number of ether oxygens (including phenoxy) is 2. The molecule has 1 heterocycles. The normalized spacial score (nSPS) is 10.2. The molecular weight excluding hydrogens is 354 g/mol. The molecule has 3 rings (SSSR count). The Kier molecular flexibility index (Phi) is 7.19. The van der Waals surface area contributed by atoms with Crippen molar-refractivity contribution in [1.29, 1.82) is 5.26 Å². The summed E-state index contributed by atoms with van der Waals surface area (Å²) in [5.74, 6) is 0.711. The fraction of sp³-hybridized carbons (Fsp3) is 0.273. The van der Waals surface area contributed by atoms with Crippen molar-refractivity contribution in [2.24, 2.45) is 7.05 Å². The van der Waals surface area contributed by atoms with Crippen molar-refractivity contribution in [3.05, 3.63) is 48.0 Å². The van der Waals surface area contributed by atoms with Crippen LogP contribution in [0.15, 0.2) is 42.5 Å². The predicted molar refractivity (Wildman–Crippen MR) is 111 cm³/mol. The van der Waals surface area contributed by atoms with Crippen LogP contribution in [-0.4, -0.2) is 31.3 Å². The molecule has 0 aliphatic rings. The summed E-state index contributed by atoms with van der Waals surface area (Å²) in [6.45, 7) is 4.00. The average molecular weight is 379 g/mol. The first-order valence-corrected chi connectivity index (χ1v) is 8.86. The van der Waals surface area contributed by atoms with Gasteiger partial charge in [-0.05, 0) is 44.2 Å². The first-order valence-electron chi connectivity index (χ1n) is 8.86. The molecule has 0 bridgehead atoms. The van der Waals surface area contributed by atoms with Gasteiger partial charge >= 0.3 is 0 Å². The van der Waals surface area contributed by atoms with E-state index in [1.165, 1.54) is 0 Å². The largest absolute Gasteiger partial charge is 0.497 e. The minimum Gasteiger partial charge on any atom is -0.497 e. The number of carbonyl (C=O) groups is 1. The lowest BCUT2D eigenvalue weighted by Crippen LogP contribution is -1.96. The molecule has 0 unspecified atom stereocenters. The minimum atomic E-state index is 0.384. The summed E-state index contributed by atoms with van der Waals surface area (Å²) < 4.78 is 12.0. The highest BCUT2D eigenvalue weighted by Gasteiger charge is 2.17. The number of fused-ring (bicyclic) bond motifs is 1. The molecule has 0 aliphatic heterocycles. The maximum Gasteiger partial charge on any atom is 0.211 e. The highest BCUT2D eigenvalue weighted by molar-refractivity contribution is 5.95. The van der Waals surface area contributed by atoms with Crippen molar-refractivity contribution in [1.82, 2.24) is 4.57 Å². The van der Waals surface area contributed by atoms with E-state index in [0.717, 1.165) is 22.2 Å². The zero-order chi connectivity index (χ0) is 20.7. The van der Waals surface area contributed by atoms with Crippen LogP contribution in [-0.2, 0) is 16.6 Å². The van der Waals surface area contributed by atoms with Crippen molar-refractivity contribution >= 4 is 23.0 Å². The van der Waals surface area contributed by atoms with Gasteiger partial charge in [0.2, 0.25) is 6.41 Å². The highest BCUT2D eigenvalue weighted by atomic mass is 16.5. The second kappa shape index (κ2) is 9.58. The van der Waals surface area contributed by atoms with Crippen LogP contribution in [0.4, 0.5) is 5.69 Å². The number of carbonyl (C=O) groups excluding carboxylic acids is 1. The van der Waals surface area contributed by atoms with Crippen LogP contribution >= 0.6 is 0 Å². The lowest BCUT2D eigenvalue weighted by Gasteiger charge is -2.07. The van der Waals surface area contributed by atoms with E-state index in [-0.39, 0.29) is 0 Å². The predicted octanol–water partition coefficient (Wildman–Crippen LogP) is 4.34. The molecular formula is C22H25N3O3. The second-order valence-corrected chi connectivity index (χ2v) is 6.40. The smallest absolute Gasteiger partial charge is 0.211 e. The second-order valence-electron chi connectivity index (χ2n) is 6.40. The van der Waals surface area contributed by atoms with E-state index in [2.05, 4.69) is 11.4 Å². The third-order valence-electron chi connectivity index (χ3n) is 4.35. The van der Waals surface area contributed by atoms with E-state index in [0.29, 0.717) is 29.5 Å². The van der Waals surface area contributed by atoms with Crippen molar-refractivity contribution < 1.29 is 14.3 Å². The molecule has 146 valence electrons. The lowest BCUT2D eigenvalue weighted by atomic mass is 10.1. The number of rotatable bonds is 5. The Balaban J connectivity index is 0.000000500. The topological polar surface area (TPSA) is 76.3 Å². The van der Waals surface area contributed by atoms with E-state index in [4.69, 9.17) is 9.47 Å². The van der Waals surface area contributed by atoms with E-state index >= 15 is 0 Å². The quantitative estimate of drug-likeness (QED) is 0.669. The van der Waals surface area contributed by atoms with Gasteiger partial charge in [0.05, 0.1) is 24.5 Å². The van der Waals surface area contributed by atoms with Crippen LogP contribution in [0.1, 0.15) is 19.4 Å². The SMILES string of the molecule is COC(C)C.COc1ccc2c(c1)c(C#N)c(-c1cccc(NC=O)c1)n2C. The summed E-state index contributed by atoms with van der Waals surface area (Å²) in [6, 6.07) is 15.4. The number of anilines is 1. The Morgan fingerprint density at radius 2 is 1.89 bits per heavy atom. The van der Waals surface area contributed by atoms with Crippen LogP contribution in [0.2, 0.25) is 0 Å². The van der Waals surface area contributed by atoms with E-state index < -0.39 is 0 Å². The highest BCUT2D eigenvalue weighted by Crippen LogP contribution is 2.35.